The van der Waals surface area contributed by atoms with Crippen LogP contribution in [0.3, 0.4) is 0 Å². The predicted octanol–water partition coefficient (Wildman–Crippen LogP) is 3.49. The third kappa shape index (κ3) is 7.35. The van der Waals surface area contributed by atoms with Crippen LogP contribution in [0.2, 0.25) is 0 Å². The van der Waals surface area contributed by atoms with Crippen molar-refractivity contribution in [1.29, 1.82) is 0 Å². The number of likely N-dealkylation sites (N-methyl/N-ethyl adjacent to an activating group) is 1. The first-order chi connectivity index (χ1) is 14.2. The molecule has 2 saturated heterocycles. The Morgan fingerprint density at radius 3 is 2.63 bits per heavy atom. The Morgan fingerprint density at radius 2 is 1.93 bits per heavy atom. The Bertz CT molecular complexity index is 648. The zero-order valence-electron chi connectivity index (χ0n) is 18.8. The van der Waals surface area contributed by atoms with Crippen molar-refractivity contribution in [3.8, 4) is 0 Å². The van der Waals surface area contributed by atoms with Crippen molar-refractivity contribution in [2.45, 2.75) is 58.4 Å². The molecule has 1 N–H and O–H groups in total. The molecule has 0 amide bonds. The Labute approximate surface area is 199 Å². The van der Waals surface area contributed by atoms with Gasteiger partial charge in [-0.05, 0) is 43.5 Å². The molecule has 0 saturated carbocycles. The van der Waals surface area contributed by atoms with Gasteiger partial charge in [-0.2, -0.15) is 0 Å². The minimum atomic E-state index is 0. The van der Waals surface area contributed by atoms with Crippen molar-refractivity contribution in [2.24, 2.45) is 4.99 Å². The third-order valence-electron chi connectivity index (χ3n) is 6.10. The summed E-state index contributed by atoms with van der Waals surface area (Å²) < 4.78 is 11.5. The average Bonchev–Trinajstić information content (AvgIpc) is 3.24. The fourth-order valence-corrected chi connectivity index (χ4v) is 4.37. The van der Waals surface area contributed by atoms with Crippen molar-refractivity contribution in [1.82, 2.24) is 15.1 Å². The second kappa shape index (κ2) is 13.5. The number of benzene rings is 1. The van der Waals surface area contributed by atoms with Crippen molar-refractivity contribution in [3.05, 3.63) is 35.4 Å². The first-order valence-corrected chi connectivity index (χ1v) is 11.2. The minimum Gasteiger partial charge on any atom is -0.381 e. The average molecular weight is 530 g/mol. The molecule has 2 fully saturated rings. The topological polar surface area (TPSA) is 49.3 Å². The number of nitrogens with zero attached hydrogens (tertiary/aromatic N) is 3. The van der Waals surface area contributed by atoms with Crippen LogP contribution in [0.4, 0.5) is 0 Å². The van der Waals surface area contributed by atoms with Crippen LogP contribution in [-0.2, 0) is 22.6 Å². The summed E-state index contributed by atoms with van der Waals surface area (Å²) in [7, 11) is 1.88. The molecule has 1 unspecified atom stereocenters. The molecule has 0 radical (unpaired) electrons. The van der Waals surface area contributed by atoms with E-state index in [4.69, 9.17) is 9.47 Å². The molecular weight excluding hydrogens is 491 g/mol. The lowest BCUT2D eigenvalue weighted by Gasteiger charge is -2.27. The van der Waals surface area contributed by atoms with Gasteiger partial charge in [0.05, 0.1) is 12.7 Å². The summed E-state index contributed by atoms with van der Waals surface area (Å²) in [4.78, 5) is 9.47. The third-order valence-corrected chi connectivity index (χ3v) is 6.10. The largest absolute Gasteiger partial charge is 0.381 e. The van der Waals surface area contributed by atoms with E-state index in [1.165, 1.54) is 17.5 Å². The molecule has 7 heteroatoms. The standard InChI is InChI=1S/C23H38N4O2.HI/c1-4-26(5-2)21-9-12-27(17-21)23(24-3)25-16-19-7-6-8-20(15-19)18-29-22-10-13-28-14-11-22;/h6-8,15,21-22H,4-5,9-14,16-18H2,1-3H3,(H,24,25);1H. The maximum atomic E-state index is 6.07. The van der Waals surface area contributed by atoms with E-state index in [0.29, 0.717) is 18.8 Å². The van der Waals surface area contributed by atoms with Gasteiger partial charge in [-0.3, -0.25) is 9.89 Å². The van der Waals surface area contributed by atoms with E-state index >= 15 is 0 Å². The van der Waals surface area contributed by atoms with Gasteiger partial charge in [0.1, 0.15) is 0 Å². The van der Waals surface area contributed by atoms with Crippen LogP contribution in [0.25, 0.3) is 0 Å². The van der Waals surface area contributed by atoms with Crippen LogP contribution in [-0.4, -0.2) is 74.3 Å². The van der Waals surface area contributed by atoms with Gasteiger partial charge in [0.2, 0.25) is 0 Å². The second-order valence-electron chi connectivity index (χ2n) is 7.95. The Hall–Kier alpha value is -0.900. The zero-order chi connectivity index (χ0) is 20.5. The molecule has 3 rings (SSSR count). The van der Waals surface area contributed by atoms with Gasteiger partial charge in [0, 0.05) is 45.9 Å². The molecule has 30 heavy (non-hydrogen) atoms. The highest BCUT2D eigenvalue weighted by molar-refractivity contribution is 14.0. The quantitative estimate of drug-likeness (QED) is 0.317. The maximum Gasteiger partial charge on any atom is 0.193 e. The number of guanidine groups is 1. The molecule has 0 bridgehead atoms. The molecule has 1 atom stereocenters. The lowest BCUT2D eigenvalue weighted by molar-refractivity contribution is -0.0390. The number of aliphatic imine (C=N–C) groups is 1. The van der Waals surface area contributed by atoms with Gasteiger partial charge >= 0.3 is 0 Å². The maximum absolute atomic E-state index is 6.07. The summed E-state index contributed by atoms with van der Waals surface area (Å²) >= 11 is 0. The van der Waals surface area contributed by atoms with E-state index in [1.54, 1.807) is 0 Å². The lowest BCUT2D eigenvalue weighted by atomic mass is 10.1. The van der Waals surface area contributed by atoms with Gasteiger partial charge in [-0.25, -0.2) is 0 Å². The van der Waals surface area contributed by atoms with Gasteiger partial charge in [-0.1, -0.05) is 38.1 Å². The van der Waals surface area contributed by atoms with Gasteiger partial charge in [0.25, 0.3) is 0 Å². The summed E-state index contributed by atoms with van der Waals surface area (Å²) in [5, 5.41) is 3.56. The Morgan fingerprint density at radius 1 is 1.20 bits per heavy atom. The smallest absolute Gasteiger partial charge is 0.193 e. The van der Waals surface area contributed by atoms with Gasteiger partial charge < -0.3 is 19.7 Å². The fraction of sp³-hybridized carbons (Fsp3) is 0.696. The zero-order valence-corrected chi connectivity index (χ0v) is 21.1. The van der Waals surface area contributed by atoms with Crippen molar-refractivity contribution in [3.63, 3.8) is 0 Å². The van der Waals surface area contributed by atoms with Crippen molar-refractivity contribution < 1.29 is 9.47 Å². The molecule has 0 aliphatic carbocycles. The number of ether oxygens (including phenoxy) is 2. The van der Waals surface area contributed by atoms with Crippen LogP contribution in [0, 0.1) is 0 Å². The highest BCUT2D eigenvalue weighted by Crippen LogP contribution is 2.17. The number of hydrogen-bond acceptors (Lipinski definition) is 4. The first kappa shape index (κ1) is 25.4. The van der Waals surface area contributed by atoms with E-state index in [0.717, 1.165) is 64.7 Å². The van der Waals surface area contributed by atoms with E-state index in [9.17, 15) is 0 Å². The molecule has 0 aromatic heterocycles. The summed E-state index contributed by atoms with van der Waals surface area (Å²) in [5.74, 6) is 1.00. The molecule has 6 nitrogen and oxygen atoms in total. The second-order valence-corrected chi connectivity index (χ2v) is 7.95. The van der Waals surface area contributed by atoms with Crippen LogP contribution in [0.5, 0.6) is 0 Å². The predicted molar refractivity (Wildman–Crippen MR) is 134 cm³/mol. The number of rotatable bonds is 8. The Balaban J connectivity index is 0.00000320. The summed E-state index contributed by atoms with van der Waals surface area (Å²) in [6, 6.07) is 9.30. The van der Waals surface area contributed by atoms with Gasteiger partial charge in [-0.15, -0.1) is 24.0 Å². The van der Waals surface area contributed by atoms with E-state index in [-0.39, 0.29) is 24.0 Å². The fourth-order valence-electron chi connectivity index (χ4n) is 4.37. The molecular formula is C23H39IN4O2. The van der Waals surface area contributed by atoms with Gasteiger partial charge in [0.15, 0.2) is 5.96 Å². The molecule has 0 spiro atoms. The normalized spacial score (nSPS) is 20.5. The summed E-state index contributed by atoms with van der Waals surface area (Å²) in [6.45, 7) is 11.9. The van der Waals surface area contributed by atoms with Crippen LogP contribution in [0.1, 0.15) is 44.2 Å². The van der Waals surface area contributed by atoms with E-state index in [2.05, 4.69) is 58.2 Å². The van der Waals surface area contributed by atoms with Crippen LogP contribution >= 0.6 is 24.0 Å². The van der Waals surface area contributed by atoms with E-state index in [1.807, 2.05) is 7.05 Å². The van der Waals surface area contributed by atoms with E-state index < -0.39 is 0 Å². The molecule has 170 valence electrons. The highest BCUT2D eigenvalue weighted by atomic mass is 127. The number of likely N-dealkylation sites (tertiary alicyclic amines) is 1. The van der Waals surface area contributed by atoms with Crippen LogP contribution < -0.4 is 5.32 Å². The Kier molecular flexibility index (Phi) is 11.4. The SMILES string of the molecule is CCN(CC)C1CCN(C(=NC)NCc2cccc(COC3CCOCC3)c2)C1.I. The molecule has 2 heterocycles. The minimum absolute atomic E-state index is 0. The monoisotopic (exact) mass is 530 g/mol. The lowest BCUT2D eigenvalue weighted by Crippen LogP contribution is -2.43. The number of hydrogen-bond donors (Lipinski definition) is 1. The number of halogens is 1. The first-order valence-electron chi connectivity index (χ1n) is 11.2. The summed E-state index contributed by atoms with van der Waals surface area (Å²) in [5.41, 5.74) is 2.49. The molecule has 1 aromatic carbocycles. The highest BCUT2D eigenvalue weighted by Gasteiger charge is 2.27. The number of nitrogens with one attached hydrogen (secondary N) is 1. The summed E-state index contributed by atoms with van der Waals surface area (Å²) in [6.07, 6.45) is 3.55. The molecule has 2 aliphatic heterocycles. The molecule has 2 aliphatic rings. The van der Waals surface area contributed by atoms with Crippen LogP contribution in [0.15, 0.2) is 29.3 Å². The molecule has 1 aromatic rings. The van der Waals surface area contributed by atoms with Crippen molar-refractivity contribution >= 4 is 29.9 Å². The van der Waals surface area contributed by atoms with Crippen molar-refractivity contribution in [2.75, 3.05) is 46.4 Å².